The minimum Gasteiger partial charge on any atom is -0.381 e. The lowest BCUT2D eigenvalue weighted by Crippen LogP contribution is -2.42. The molecule has 0 radical (unpaired) electrons. The van der Waals surface area contributed by atoms with Crippen LogP contribution >= 0.6 is 0 Å². The van der Waals surface area contributed by atoms with E-state index in [1.807, 2.05) is 0 Å². The summed E-state index contributed by atoms with van der Waals surface area (Å²) in [6.45, 7) is 3.39. The molecule has 7 heteroatoms. The van der Waals surface area contributed by atoms with Gasteiger partial charge < -0.3 is 10.1 Å². The van der Waals surface area contributed by atoms with Gasteiger partial charge in [0.25, 0.3) is 10.2 Å². The Morgan fingerprint density at radius 3 is 2.75 bits per heavy atom. The maximum absolute atomic E-state index is 12.1. The second-order valence-electron chi connectivity index (χ2n) is 5.84. The number of hydrogen-bond donors (Lipinski definition) is 2. The summed E-state index contributed by atoms with van der Waals surface area (Å²) < 4.78 is 33.6. The van der Waals surface area contributed by atoms with Crippen LogP contribution in [0.15, 0.2) is 0 Å². The Bertz CT molecular complexity index is 378. The molecule has 0 aromatic rings. The molecule has 2 aliphatic rings. The van der Waals surface area contributed by atoms with Crippen molar-refractivity contribution in [2.75, 3.05) is 39.9 Å². The fourth-order valence-electron chi connectivity index (χ4n) is 2.32. The van der Waals surface area contributed by atoms with Crippen LogP contribution in [0.2, 0.25) is 0 Å². The Kier molecular flexibility index (Phi) is 6.22. The molecule has 1 saturated heterocycles. The number of hydrogen-bond acceptors (Lipinski definition) is 4. The van der Waals surface area contributed by atoms with Crippen molar-refractivity contribution >= 4 is 10.2 Å². The van der Waals surface area contributed by atoms with Crippen LogP contribution in [0.25, 0.3) is 0 Å². The van der Waals surface area contributed by atoms with Gasteiger partial charge in [0, 0.05) is 32.8 Å². The predicted molar refractivity (Wildman–Crippen MR) is 78.7 cm³/mol. The topological polar surface area (TPSA) is 70.7 Å². The standard InChI is InChI=1S/C13H27N3O3S/c1-16(8-3-7-14-13-5-6-13)20(17,18)15-10-12-4-2-9-19-11-12/h12-15H,2-11H2,1H3. The monoisotopic (exact) mass is 305 g/mol. The van der Waals surface area contributed by atoms with Crippen molar-refractivity contribution in [3.05, 3.63) is 0 Å². The highest BCUT2D eigenvalue weighted by molar-refractivity contribution is 7.87. The molecule has 0 aromatic heterocycles. The van der Waals surface area contributed by atoms with Crippen molar-refractivity contribution in [3.8, 4) is 0 Å². The van der Waals surface area contributed by atoms with Crippen LogP contribution in [0.5, 0.6) is 0 Å². The molecule has 0 spiro atoms. The second kappa shape index (κ2) is 7.70. The first-order valence-electron chi connectivity index (χ1n) is 7.60. The van der Waals surface area contributed by atoms with Gasteiger partial charge in [0.1, 0.15) is 0 Å². The first-order chi connectivity index (χ1) is 9.58. The summed E-state index contributed by atoms with van der Waals surface area (Å²) >= 11 is 0. The molecule has 0 aromatic carbocycles. The molecule has 20 heavy (non-hydrogen) atoms. The van der Waals surface area contributed by atoms with E-state index in [-0.39, 0.29) is 0 Å². The van der Waals surface area contributed by atoms with Gasteiger partial charge in [-0.1, -0.05) is 0 Å². The van der Waals surface area contributed by atoms with Crippen LogP contribution in [0.4, 0.5) is 0 Å². The van der Waals surface area contributed by atoms with Crippen molar-refractivity contribution in [1.82, 2.24) is 14.3 Å². The minimum absolute atomic E-state index is 0.309. The number of nitrogens with zero attached hydrogens (tertiary/aromatic N) is 1. The summed E-state index contributed by atoms with van der Waals surface area (Å²) in [5.41, 5.74) is 0. The van der Waals surface area contributed by atoms with E-state index in [0.29, 0.717) is 31.7 Å². The molecule has 2 N–H and O–H groups in total. The molecular formula is C13H27N3O3S. The van der Waals surface area contributed by atoms with E-state index in [9.17, 15) is 8.42 Å². The van der Waals surface area contributed by atoms with Crippen molar-refractivity contribution in [1.29, 1.82) is 0 Å². The summed E-state index contributed by atoms with van der Waals surface area (Å²) in [7, 11) is -1.71. The zero-order valence-electron chi connectivity index (χ0n) is 12.3. The Balaban J connectivity index is 1.62. The lowest BCUT2D eigenvalue weighted by Gasteiger charge is -2.24. The largest absolute Gasteiger partial charge is 0.381 e. The number of nitrogens with one attached hydrogen (secondary N) is 2. The highest BCUT2D eigenvalue weighted by Crippen LogP contribution is 2.18. The van der Waals surface area contributed by atoms with Crippen molar-refractivity contribution in [2.45, 2.75) is 38.1 Å². The van der Waals surface area contributed by atoms with Gasteiger partial charge in [0.2, 0.25) is 0 Å². The van der Waals surface area contributed by atoms with E-state index in [1.165, 1.54) is 17.1 Å². The Labute approximate surface area is 122 Å². The van der Waals surface area contributed by atoms with E-state index in [4.69, 9.17) is 4.74 Å². The average molecular weight is 305 g/mol. The maximum Gasteiger partial charge on any atom is 0.279 e. The van der Waals surface area contributed by atoms with Crippen molar-refractivity contribution in [3.63, 3.8) is 0 Å². The van der Waals surface area contributed by atoms with Crippen LogP contribution in [0, 0.1) is 5.92 Å². The van der Waals surface area contributed by atoms with Crippen LogP contribution in [0.1, 0.15) is 32.1 Å². The molecule has 1 saturated carbocycles. The van der Waals surface area contributed by atoms with Crippen molar-refractivity contribution in [2.24, 2.45) is 5.92 Å². The second-order valence-corrected chi connectivity index (χ2v) is 7.70. The third-order valence-electron chi connectivity index (χ3n) is 3.88. The van der Waals surface area contributed by atoms with Crippen LogP contribution in [-0.4, -0.2) is 58.7 Å². The Morgan fingerprint density at radius 2 is 2.10 bits per heavy atom. The summed E-state index contributed by atoms with van der Waals surface area (Å²) in [6, 6.07) is 0.682. The van der Waals surface area contributed by atoms with Gasteiger partial charge in [0.15, 0.2) is 0 Å². The molecule has 6 nitrogen and oxygen atoms in total. The molecule has 0 amide bonds. The van der Waals surface area contributed by atoms with E-state index in [0.717, 1.165) is 32.4 Å². The fraction of sp³-hybridized carbons (Fsp3) is 1.00. The molecule has 1 unspecified atom stereocenters. The van der Waals surface area contributed by atoms with E-state index in [1.54, 1.807) is 7.05 Å². The first kappa shape index (κ1) is 16.2. The first-order valence-corrected chi connectivity index (χ1v) is 9.04. The van der Waals surface area contributed by atoms with Gasteiger partial charge in [0.05, 0.1) is 6.61 Å². The van der Waals surface area contributed by atoms with Gasteiger partial charge in [-0.25, -0.2) is 4.72 Å². The summed E-state index contributed by atoms with van der Waals surface area (Å²) in [4.78, 5) is 0. The molecule has 1 atom stereocenters. The SMILES string of the molecule is CN(CCCNC1CC1)S(=O)(=O)NCC1CCCOC1. The lowest BCUT2D eigenvalue weighted by atomic mass is 10.0. The fourth-order valence-corrected chi connectivity index (χ4v) is 3.35. The third-order valence-corrected chi connectivity index (χ3v) is 5.41. The molecular weight excluding hydrogens is 278 g/mol. The zero-order valence-corrected chi connectivity index (χ0v) is 13.1. The quantitative estimate of drug-likeness (QED) is 0.602. The number of rotatable bonds is 9. The Morgan fingerprint density at radius 1 is 1.30 bits per heavy atom. The van der Waals surface area contributed by atoms with Gasteiger partial charge in [-0.2, -0.15) is 12.7 Å². The van der Waals surface area contributed by atoms with Crippen molar-refractivity contribution < 1.29 is 13.2 Å². The van der Waals surface area contributed by atoms with Crippen LogP contribution in [-0.2, 0) is 14.9 Å². The van der Waals surface area contributed by atoms with Crippen LogP contribution in [0.3, 0.4) is 0 Å². The van der Waals surface area contributed by atoms with Gasteiger partial charge >= 0.3 is 0 Å². The Hall–Kier alpha value is -0.210. The average Bonchev–Trinajstić information content (AvgIpc) is 3.26. The van der Waals surface area contributed by atoms with Gasteiger partial charge in [-0.05, 0) is 44.6 Å². The number of ether oxygens (including phenoxy) is 1. The molecule has 2 rings (SSSR count). The third kappa shape index (κ3) is 5.65. The maximum atomic E-state index is 12.1. The summed E-state index contributed by atoms with van der Waals surface area (Å²) in [5, 5.41) is 3.39. The minimum atomic E-state index is -3.34. The smallest absolute Gasteiger partial charge is 0.279 e. The molecule has 2 fully saturated rings. The van der Waals surface area contributed by atoms with Gasteiger partial charge in [-0.15, -0.1) is 0 Å². The molecule has 1 heterocycles. The van der Waals surface area contributed by atoms with Gasteiger partial charge in [-0.3, -0.25) is 0 Å². The molecule has 1 aliphatic carbocycles. The van der Waals surface area contributed by atoms with E-state index >= 15 is 0 Å². The van der Waals surface area contributed by atoms with E-state index in [2.05, 4.69) is 10.0 Å². The zero-order chi connectivity index (χ0) is 14.4. The normalized spacial score (nSPS) is 24.2. The molecule has 0 bridgehead atoms. The molecule has 118 valence electrons. The predicted octanol–water partition coefficient (Wildman–Crippen LogP) is 0.321. The van der Waals surface area contributed by atoms with E-state index < -0.39 is 10.2 Å². The summed E-state index contributed by atoms with van der Waals surface area (Å²) in [5.74, 6) is 0.309. The highest BCUT2D eigenvalue weighted by atomic mass is 32.2. The summed E-state index contributed by atoms with van der Waals surface area (Å²) in [6.07, 6.45) is 5.44. The van der Waals surface area contributed by atoms with Crippen LogP contribution < -0.4 is 10.0 Å². The lowest BCUT2D eigenvalue weighted by molar-refractivity contribution is 0.0566. The molecule has 1 aliphatic heterocycles. The highest BCUT2D eigenvalue weighted by Gasteiger charge is 2.22.